The highest BCUT2D eigenvalue weighted by Crippen LogP contribution is 2.29. The van der Waals surface area contributed by atoms with Crippen LogP contribution in [0.4, 0.5) is 5.69 Å². The number of quaternary nitrogens is 1. The molecule has 6 nitrogen and oxygen atoms in total. The predicted molar refractivity (Wildman–Crippen MR) is 102 cm³/mol. The molecule has 1 unspecified atom stereocenters. The van der Waals surface area contributed by atoms with Crippen molar-refractivity contribution in [1.82, 2.24) is 5.32 Å². The van der Waals surface area contributed by atoms with Gasteiger partial charge in [-0.15, -0.1) is 0 Å². The molecule has 2 amide bonds. The average Bonchev–Trinajstić information content (AvgIpc) is 2.58. The van der Waals surface area contributed by atoms with E-state index in [9.17, 15) is 9.59 Å². The van der Waals surface area contributed by atoms with Crippen LogP contribution in [-0.4, -0.2) is 45.1 Å². The van der Waals surface area contributed by atoms with Crippen LogP contribution < -0.4 is 20.3 Å². The topological polar surface area (TPSA) is 71.9 Å². The molecule has 0 aliphatic heterocycles. The molecule has 6 heteroatoms. The molecule has 0 spiro atoms. The first-order valence-corrected chi connectivity index (χ1v) is 9.43. The molecular weight excluding hydrogens is 330 g/mol. The van der Waals surface area contributed by atoms with Crippen molar-refractivity contribution < 1.29 is 19.2 Å². The van der Waals surface area contributed by atoms with E-state index in [1.165, 1.54) is 12.8 Å². The summed E-state index contributed by atoms with van der Waals surface area (Å²) < 4.78 is 5.15. The minimum atomic E-state index is -0.122. The van der Waals surface area contributed by atoms with Crippen LogP contribution in [0.15, 0.2) is 24.3 Å². The van der Waals surface area contributed by atoms with E-state index in [1.807, 2.05) is 25.2 Å². The average molecular weight is 362 g/mol. The number of hydrogen-bond acceptors (Lipinski definition) is 3. The SMILES string of the molecule is COc1cccc(NC(=O)C[NH+](C)CC(=O)N[C@@H]2CCC[C@H](C)[C@H]2C)c1. The monoisotopic (exact) mass is 362 g/mol. The van der Waals surface area contributed by atoms with E-state index in [0.29, 0.717) is 29.8 Å². The van der Waals surface area contributed by atoms with Crippen molar-refractivity contribution in [2.75, 3.05) is 32.6 Å². The zero-order chi connectivity index (χ0) is 19.1. The molecule has 1 aromatic rings. The maximum atomic E-state index is 12.3. The van der Waals surface area contributed by atoms with E-state index < -0.39 is 0 Å². The molecule has 0 saturated heterocycles. The largest absolute Gasteiger partial charge is 0.497 e. The summed E-state index contributed by atoms with van der Waals surface area (Å²) in [4.78, 5) is 25.4. The summed E-state index contributed by atoms with van der Waals surface area (Å²) in [5.41, 5.74) is 0.691. The fraction of sp³-hybridized carbons (Fsp3) is 0.600. The van der Waals surface area contributed by atoms with Crippen LogP contribution in [-0.2, 0) is 9.59 Å². The summed E-state index contributed by atoms with van der Waals surface area (Å²) in [5, 5.41) is 6.00. The third-order valence-corrected chi connectivity index (χ3v) is 5.33. The molecule has 1 fully saturated rings. The first-order valence-electron chi connectivity index (χ1n) is 9.43. The van der Waals surface area contributed by atoms with E-state index in [2.05, 4.69) is 24.5 Å². The third-order valence-electron chi connectivity index (χ3n) is 5.33. The Bertz CT molecular complexity index is 620. The van der Waals surface area contributed by atoms with E-state index in [0.717, 1.165) is 11.3 Å². The molecule has 1 saturated carbocycles. The van der Waals surface area contributed by atoms with Crippen LogP contribution in [0, 0.1) is 11.8 Å². The summed E-state index contributed by atoms with van der Waals surface area (Å²) in [7, 11) is 3.45. The number of likely N-dealkylation sites (N-methyl/N-ethyl adjacent to an activating group) is 1. The molecule has 0 radical (unpaired) electrons. The molecule has 3 N–H and O–H groups in total. The van der Waals surface area contributed by atoms with E-state index in [-0.39, 0.29) is 24.4 Å². The van der Waals surface area contributed by atoms with Crippen LogP contribution >= 0.6 is 0 Å². The fourth-order valence-corrected chi connectivity index (χ4v) is 3.56. The molecule has 144 valence electrons. The minimum Gasteiger partial charge on any atom is -0.497 e. The molecule has 0 aromatic heterocycles. The second kappa shape index (κ2) is 9.57. The van der Waals surface area contributed by atoms with Crippen LogP contribution in [0.1, 0.15) is 33.1 Å². The molecule has 1 aromatic carbocycles. The van der Waals surface area contributed by atoms with Crippen molar-refractivity contribution >= 4 is 17.5 Å². The first-order chi connectivity index (χ1) is 12.4. The smallest absolute Gasteiger partial charge is 0.279 e. The Hall–Kier alpha value is -2.08. The van der Waals surface area contributed by atoms with Gasteiger partial charge in [0.05, 0.1) is 14.2 Å². The molecule has 1 aliphatic rings. The van der Waals surface area contributed by atoms with Gasteiger partial charge in [0.1, 0.15) is 5.75 Å². The maximum absolute atomic E-state index is 12.3. The number of amides is 2. The lowest BCUT2D eigenvalue weighted by atomic mass is 9.78. The highest BCUT2D eigenvalue weighted by Gasteiger charge is 2.28. The van der Waals surface area contributed by atoms with Crippen LogP contribution in [0.5, 0.6) is 5.75 Å². The number of methoxy groups -OCH3 is 1. The van der Waals surface area contributed by atoms with Gasteiger partial charge in [0.25, 0.3) is 11.8 Å². The summed E-state index contributed by atoms with van der Waals surface area (Å²) >= 11 is 0. The van der Waals surface area contributed by atoms with Crippen LogP contribution in [0.25, 0.3) is 0 Å². The summed E-state index contributed by atoms with van der Waals surface area (Å²) in [6.45, 7) is 5.00. The fourth-order valence-electron chi connectivity index (χ4n) is 3.56. The van der Waals surface area contributed by atoms with Gasteiger partial charge in [0.15, 0.2) is 13.1 Å². The molecule has 1 aliphatic carbocycles. The molecule has 0 heterocycles. The molecular formula is C20H32N3O3+. The van der Waals surface area contributed by atoms with Crippen molar-refractivity contribution in [3.63, 3.8) is 0 Å². The Labute approximate surface area is 156 Å². The standard InChI is InChI=1S/C20H31N3O3/c1-14-7-5-10-18(15(14)2)22-20(25)13-23(3)12-19(24)21-16-8-6-9-17(11-16)26-4/h6,8-9,11,14-15,18H,5,7,10,12-13H2,1-4H3,(H,21,24)(H,22,25)/p+1/t14-,15+,18+/m0/s1. The van der Waals surface area contributed by atoms with Crippen molar-refractivity contribution in [2.45, 2.75) is 39.2 Å². The van der Waals surface area contributed by atoms with Crippen molar-refractivity contribution in [2.24, 2.45) is 11.8 Å². The van der Waals surface area contributed by atoms with Gasteiger partial charge in [-0.05, 0) is 30.4 Å². The number of carbonyl (C=O) groups is 2. The highest BCUT2D eigenvalue weighted by atomic mass is 16.5. The van der Waals surface area contributed by atoms with E-state index in [1.54, 1.807) is 13.2 Å². The lowest BCUT2D eigenvalue weighted by Crippen LogP contribution is -3.11. The van der Waals surface area contributed by atoms with Crippen molar-refractivity contribution in [1.29, 1.82) is 0 Å². The molecule has 26 heavy (non-hydrogen) atoms. The van der Waals surface area contributed by atoms with Crippen LogP contribution in [0.3, 0.4) is 0 Å². The number of hydrogen-bond donors (Lipinski definition) is 3. The number of benzene rings is 1. The lowest BCUT2D eigenvalue weighted by Gasteiger charge is -2.34. The normalized spacial score (nSPS) is 23.8. The summed E-state index contributed by atoms with van der Waals surface area (Å²) in [6.07, 6.45) is 3.46. The van der Waals surface area contributed by atoms with Gasteiger partial charge in [-0.25, -0.2) is 0 Å². The third kappa shape index (κ3) is 6.02. The number of carbonyl (C=O) groups excluding carboxylic acids is 2. The van der Waals surface area contributed by atoms with Crippen molar-refractivity contribution in [3.05, 3.63) is 24.3 Å². The highest BCUT2D eigenvalue weighted by molar-refractivity contribution is 5.91. The Morgan fingerprint density at radius 1 is 1.19 bits per heavy atom. The molecule has 4 atom stereocenters. The van der Waals surface area contributed by atoms with Gasteiger partial charge in [-0.1, -0.05) is 32.8 Å². The molecule has 0 bridgehead atoms. The maximum Gasteiger partial charge on any atom is 0.279 e. The lowest BCUT2D eigenvalue weighted by molar-refractivity contribution is -0.862. The Morgan fingerprint density at radius 3 is 2.65 bits per heavy atom. The van der Waals surface area contributed by atoms with Gasteiger partial charge in [0.2, 0.25) is 0 Å². The van der Waals surface area contributed by atoms with Gasteiger partial charge < -0.3 is 20.3 Å². The zero-order valence-corrected chi connectivity index (χ0v) is 16.3. The Kier molecular flexibility index (Phi) is 7.45. The number of ether oxygens (including phenoxy) is 1. The predicted octanol–water partition coefficient (Wildman–Crippen LogP) is 1.09. The number of nitrogens with one attached hydrogen (secondary N) is 3. The summed E-state index contributed by atoms with van der Waals surface area (Å²) in [6, 6.07) is 7.49. The van der Waals surface area contributed by atoms with Gasteiger partial charge in [0, 0.05) is 17.8 Å². The van der Waals surface area contributed by atoms with Crippen molar-refractivity contribution in [3.8, 4) is 5.75 Å². The second-order valence-electron chi connectivity index (χ2n) is 7.53. The molecule has 2 rings (SSSR count). The van der Waals surface area contributed by atoms with E-state index >= 15 is 0 Å². The van der Waals surface area contributed by atoms with E-state index in [4.69, 9.17) is 4.74 Å². The zero-order valence-electron chi connectivity index (χ0n) is 16.3. The Balaban J connectivity index is 1.77. The Morgan fingerprint density at radius 2 is 1.92 bits per heavy atom. The minimum absolute atomic E-state index is 0.0163. The second-order valence-corrected chi connectivity index (χ2v) is 7.53. The first kappa shape index (κ1) is 20.2. The summed E-state index contributed by atoms with van der Waals surface area (Å²) in [5.74, 6) is 1.74. The van der Waals surface area contributed by atoms with Gasteiger partial charge in [-0.2, -0.15) is 0 Å². The number of anilines is 1. The van der Waals surface area contributed by atoms with Gasteiger partial charge in [-0.3, -0.25) is 9.59 Å². The number of rotatable bonds is 7. The van der Waals surface area contributed by atoms with Crippen LogP contribution in [0.2, 0.25) is 0 Å². The quantitative estimate of drug-likeness (QED) is 0.680. The van der Waals surface area contributed by atoms with Gasteiger partial charge >= 0.3 is 0 Å².